The zero-order valence-electron chi connectivity index (χ0n) is 15.0. The molecule has 3 rings (SSSR count). The standard InChI is InChI=1S/C20H23N3O3/c1-20(13-15-6-4-8-17(12-15)26-2)18(25)22-19(21)23(20)10-9-14-5-3-7-16(24)11-14/h3-8,11-12,24H,9-10,13H2,1-2H3,(H2,21,22,25). The van der Waals surface area contributed by atoms with Gasteiger partial charge in [0, 0.05) is 13.0 Å². The van der Waals surface area contributed by atoms with Gasteiger partial charge in [-0.25, -0.2) is 0 Å². The van der Waals surface area contributed by atoms with Crippen LogP contribution in [0.2, 0.25) is 0 Å². The maximum absolute atomic E-state index is 12.6. The number of nitrogens with zero attached hydrogens (tertiary/aromatic N) is 1. The Labute approximate surface area is 152 Å². The summed E-state index contributed by atoms with van der Waals surface area (Å²) in [5.74, 6) is 0.889. The average Bonchev–Trinajstić information content (AvgIpc) is 2.82. The number of carbonyl (C=O) groups excluding carboxylic acids is 1. The van der Waals surface area contributed by atoms with Crippen molar-refractivity contribution in [2.75, 3.05) is 13.7 Å². The molecule has 6 heteroatoms. The number of hydrogen-bond donors (Lipinski definition) is 3. The number of benzene rings is 2. The van der Waals surface area contributed by atoms with Crippen molar-refractivity contribution >= 4 is 11.9 Å². The molecule has 0 radical (unpaired) electrons. The molecular formula is C20H23N3O3. The van der Waals surface area contributed by atoms with Crippen molar-refractivity contribution in [1.82, 2.24) is 10.2 Å². The summed E-state index contributed by atoms with van der Waals surface area (Å²) in [6, 6.07) is 14.7. The van der Waals surface area contributed by atoms with E-state index < -0.39 is 5.54 Å². The van der Waals surface area contributed by atoms with E-state index >= 15 is 0 Å². The third-order valence-corrected chi connectivity index (χ3v) is 4.80. The van der Waals surface area contributed by atoms with Crippen LogP contribution >= 0.6 is 0 Å². The summed E-state index contributed by atoms with van der Waals surface area (Å²) < 4.78 is 5.26. The first-order chi connectivity index (χ1) is 12.4. The van der Waals surface area contributed by atoms with Crippen LogP contribution in [0, 0.1) is 5.41 Å². The fraction of sp³-hybridized carbons (Fsp3) is 0.300. The number of aromatic hydroxyl groups is 1. The molecule has 2 aromatic carbocycles. The number of nitrogens with one attached hydrogen (secondary N) is 2. The Balaban J connectivity index is 1.80. The Hall–Kier alpha value is -3.02. The molecule has 0 aliphatic carbocycles. The van der Waals surface area contributed by atoms with Crippen LogP contribution in [0.5, 0.6) is 11.5 Å². The van der Waals surface area contributed by atoms with Gasteiger partial charge in [0.2, 0.25) is 0 Å². The highest BCUT2D eigenvalue weighted by Crippen LogP contribution is 2.28. The summed E-state index contributed by atoms with van der Waals surface area (Å²) >= 11 is 0. The number of guanidine groups is 1. The number of methoxy groups -OCH3 is 1. The second-order valence-electron chi connectivity index (χ2n) is 6.68. The smallest absolute Gasteiger partial charge is 0.252 e. The molecule has 1 aliphatic rings. The quantitative estimate of drug-likeness (QED) is 0.744. The molecule has 1 fully saturated rings. The molecule has 0 aromatic heterocycles. The first kappa shape index (κ1) is 17.8. The van der Waals surface area contributed by atoms with Gasteiger partial charge in [-0.3, -0.25) is 15.5 Å². The average molecular weight is 353 g/mol. The van der Waals surface area contributed by atoms with Gasteiger partial charge in [0.25, 0.3) is 5.91 Å². The Morgan fingerprint density at radius 2 is 1.92 bits per heavy atom. The van der Waals surface area contributed by atoms with Gasteiger partial charge >= 0.3 is 0 Å². The predicted octanol–water partition coefficient (Wildman–Crippen LogP) is 2.31. The highest BCUT2D eigenvalue weighted by Gasteiger charge is 2.47. The molecule has 1 unspecified atom stereocenters. The maximum atomic E-state index is 12.6. The van der Waals surface area contributed by atoms with E-state index in [1.807, 2.05) is 37.3 Å². The Bertz CT molecular complexity index is 837. The van der Waals surface area contributed by atoms with Crippen molar-refractivity contribution in [2.24, 2.45) is 0 Å². The van der Waals surface area contributed by atoms with Gasteiger partial charge in [-0.05, 0) is 48.7 Å². The molecule has 1 saturated heterocycles. The Morgan fingerprint density at radius 1 is 1.19 bits per heavy atom. The lowest BCUT2D eigenvalue weighted by atomic mass is 9.91. The minimum atomic E-state index is -0.847. The molecule has 0 bridgehead atoms. The van der Waals surface area contributed by atoms with Gasteiger partial charge in [0.05, 0.1) is 7.11 Å². The van der Waals surface area contributed by atoms with Crippen LogP contribution in [0.3, 0.4) is 0 Å². The molecule has 136 valence electrons. The SMILES string of the molecule is COc1cccc(CC2(C)C(=O)NC(=N)N2CCc2cccc(O)c2)c1. The van der Waals surface area contributed by atoms with Gasteiger partial charge in [-0.15, -0.1) is 0 Å². The monoisotopic (exact) mass is 353 g/mol. The van der Waals surface area contributed by atoms with Gasteiger partial charge < -0.3 is 14.7 Å². The topological polar surface area (TPSA) is 85.7 Å². The number of rotatable bonds is 6. The first-order valence-electron chi connectivity index (χ1n) is 8.51. The lowest BCUT2D eigenvalue weighted by molar-refractivity contribution is -0.125. The van der Waals surface area contributed by atoms with Crippen molar-refractivity contribution < 1.29 is 14.6 Å². The lowest BCUT2D eigenvalue weighted by Gasteiger charge is -2.33. The number of amides is 1. The highest BCUT2D eigenvalue weighted by molar-refractivity contribution is 6.07. The molecule has 0 spiro atoms. The van der Waals surface area contributed by atoms with Crippen molar-refractivity contribution in [1.29, 1.82) is 5.41 Å². The number of hydrogen-bond acceptors (Lipinski definition) is 4. The van der Waals surface area contributed by atoms with Crippen LogP contribution in [-0.4, -0.2) is 41.1 Å². The summed E-state index contributed by atoms with van der Waals surface area (Å²) in [5, 5.41) is 20.4. The third kappa shape index (κ3) is 3.49. The fourth-order valence-electron chi connectivity index (χ4n) is 3.35. The molecule has 1 amide bonds. The van der Waals surface area contributed by atoms with Crippen molar-refractivity contribution in [3.05, 3.63) is 59.7 Å². The normalized spacial score (nSPS) is 19.5. The number of carbonyl (C=O) groups is 1. The van der Waals surface area contributed by atoms with Gasteiger partial charge in [-0.1, -0.05) is 24.3 Å². The minimum Gasteiger partial charge on any atom is -0.508 e. The van der Waals surface area contributed by atoms with Crippen LogP contribution in [0.25, 0.3) is 0 Å². The molecule has 1 aliphatic heterocycles. The largest absolute Gasteiger partial charge is 0.508 e. The molecule has 0 saturated carbocycles. The van der Waals surface area contributed by atoms with Crippen LogP contribution < -0.4 is 10.1 Å². The second kappa shape index (κ2) is 7.07. The summed E-state index contributed by atoms with van der Waals surface area (Å²) in [7, 11) is 1.61. The third-order valence-electron chi connectivity index (χ3n) is 4.80. The van der Waals surface area contributed by atoms with Crippen LogP contribution in [0.1, 0.15) is 18.1 Å². The summed E-state index contributed by atoms with van der Waals surface area (Å²) in [6.07, 6.45) is 1.10. The zero-order chi connectivity index (χ0) is 18.7. The molecule has 1 atom stereocenters. The molecule has 6 nitrogen and oxygen atoms in total. The molecular weight excluding hydrogens is 330 g/mol. The van der Waals surface area contributed by atoms with E-state index in [0.29, 0.717) is 19.4 Å². The highest BCUT2D eigenvalue weighted by atomic mass is 16.5. The maximum Gasteiger partial charge on any atom is 0.252 e. The molecule has 3 N–H and O–H groups in total. The van der Waals surface area contributed by atoms with E-state index in [1.54, 1.807) is 30.2 Å². The van der Waals surface area contributed by atoms with Crippen LogP contribution in [0.15, 0.2) is 48.5 Å². The summed E-state index contributed by atoms with van der Waals surface area (Å²) in [5.41, 5.74) is 1.08. The second-order valence-corrected chi connectivity index (χ2v) is 6.68. The van der Waals surface area contributed by atoms with E-state index in [2.05, 4.69) is 5.32 Å². The minimum absolute atomic E-state index is 0.112. The number of phenolic OH excluding ortho intramolecular Hbond substituents is 1. The van der Waals surface area contributed by atoms with E-state index in [0.717, 1.165) is 16.9 Å². The van der Waals surface area contributed by atoms with Gasteiger partial charge in [0.1, 0.15) is 17.0 Å². The number of ether oxygens (including phenoxy) is 1. The van der Waals surface area contributed by atoms with E-state index in [4.69, 9.17) is 10.1 Å². The lowest BCUT2D eigenvalue weighted by Crippen LogP contribution is -2.49. The summed E-state index contributed by atoms with van der Waals surface area (Å²) in [4.78, 5) is 14.4. The van der Waals surface area contributed by atoms with Crippen LogP contribution in [-0.2, 0) is 17.6 Å². The predicted molar refractivity (Wildman–Crippen MR) is 99.5 cm³/mol. The fourth-order valence-corrected chi connectivity index (χ4v) is 3.35. The first-order valence-corrected chi connectivity index (χ1v) is 8.51. The van der Waals surface area contributed by atoms with Gasteiger partial charge in [0.15, 0.2) is 5.96 Å². The Kier molecular flexibility index (Phi) is 4.84. The molecule has 26 heavy (non-hydrogen) atoms. The van der Waals surface area contributed by atoms with Crippen LogP contribution in [0.4, 0.5) is 0 Å². The summed E-state index contributed by atoms with van der Waals surface area (Å²) in [6.45, 7) is 2.35. The van der Waals surface area contributed by atoms with E-state index in [9.17, 15) is 9.90 Å². The van der Waals surface area contributed by atoms with E-state index in [1.165, 1.54) is 0 Å². The van der Waals surface area contributed by atoms with Crippen molar-refractivity contribution in [3.63, 3.8) is 0 Å². The number of phenols is 1. The Morgan fingerprint density at radius 3 is 2.65 bits per heavy atom. The van der Waals surface area contributed by atoms with Crippen molar-refractivity contribution in [3.8, 4) is 11.5 Å². The van der Waals surface area contributed by atoms with E-state index in [-0.39, 0.29) is 17.6 Å². The molecule has 1 heterocycles. The van der Waals surface area contributed by atoms with Gasteiger partial charge in [-0.2, -0.15) is 0 Å². The van der Waals surface area contributed by atoms with Crippen molar-refractivity contribution in [2.45, 2.75) is 25.3 Å². The molecule has 2 aromatic rings. The zero-order valence-corrected chi connectivity index (χ0v) is 15.0.